The summed E-state index contributed by atoms with van der Waals surface area (Å²) in [6.07, 6.45) is 3.22. The number of hydrogen-bond donors (Lipinski definition) is 2. The van der Waals surface area contributed by atoms with Crippen LogP contribution in [0.15, 0.2) is 41.5 Å². The maximum Gasteiger partial charge on any atom is 0.274 e. The standard InChI is InChI=1S/C14H13N3O4/c1-2-9-3-4-10(7-12(9)17(20)21)16-14(19)11-8-15-6-5-13(11)18/h3-8H,2H2,1H3,(H,15,18)(H,16,19). The highest BCUT2D eigenvalue weighted by atomic mass is 16.6. The molecule has 0 fully saturated rings. The van der Waals surface area contributed by atoms with Gasteiger partial charge in [-0.2, -0.15) is 0 Å². The van der Waals surface area contributed by atoms with E-state index < -0.39 is 16.3 Å². The van der Waals surface area contributed by atoms with Gasteiger partial charge in [0.25, 0.3) is 11.6 Å². The lowest BCUT2D eigenvalue weighted by Gasteiger charge is -2.06. The second-order valence-corrected chi connectivity index (χ2v) is 4.33. The first-order valence-corrected chi connectivity index (χ1v) is 6.28. The summed E-state index contributed by atoms with van der Waals surface area (Å²) < 4.78 is 0. The molecule has 1 amide bonds. The third-order valence-corrected chi connectivity index (χ3v) is 2.99. The Morgan fingerprint density at radius 3 is 2.76 bits per heavy atom. The van der Waals surface area contributed by atoms with Crippen LogP contribution in [0.5, 0.6) is 0 Å². The number of nitro groups is 1. The van der Waals surface area contributed by atoms with E-state index in [2.05, 4.69) is 10.3 Å². The van der Waals surface area contributed by atoms with Crippen LogP contribution >= 0.6 is 0 Å². The molecule has 0 aliphatic rings. The van der Waals surface area contributed by atoms with Gasteiger partial charge in [0, 0.05) is 35.8 Å². The second-order valence-electron chi connectivity index (χ2n) is 4.33. The van der Waals surface area contributed by atoms with E-state index >= 15 is 0 Å². The zero-order valence-corrected chi connectivity index (χ0v) is 11.3. The fourth-order valence-corrected chi connectivity index (χ4v) is 1.90. The zero-order chi connectivity index (χ0) is 15.4. The molecule has 2 aromatic rings. The largest absolute Gasteiger partial charge is 0.367 e. The molecule has 0 atom stereocenters. The van der Waals surface area contributed by atoms with E-state index in [1.54, 1.807) is 12.1 Å². The van der Waals surface area contributed by atoms with Gasteiger partial charge in [-0.25, -0.2) is 0 Å². The van der Waals surface area contributed by atoms with Gasteiger partial charge in [0.15, 0.2) is 5.43 Å². The molecule has 0 radical (unpaired) electrons. The molecule has 1 heterocycles. The molecule has 0 saturated carbocycles. The fourth-order valence-electron chi connectivity index (χ4n) is 1.90. The lowest BCUT2D eigenvalue weighted by Crippen LogP contribution is -2.20. The Morgan fingerprint density at radius 2 is 2.14 bits per heavy atom. The summed E-state index contributed by atoms with van der Waals surface area (Å²) in [6, 6.07) is 5.68. The number of benzene rings is 1. The first kappa shape index (κ1) is 14.4. The van der Waals surface area contributed by atoms with E-state index in [4.69, 9.17) is 0 Å². The Labute approximate surface area is 119 Å². The second kappa shape index (κ2) is 6.00. The number of nitro benzene ring substituents is 1. The number of H-pyrrole nitrogens is 1. The van der Waals surface area contributed by atoms with Crippen LogP contribution in [0.2, 0.25) is 0 Å². The van der Waals surface area contributed by atoms with E-state index in [-0.39, 0.29) is 16.9 Å². The van der Waals surface area contributed by atoms with E-state index in [9.17, 15) is 19.7 Å². The first-order valence-electron chi connectivity index (χ1n) is 6.28. The van der Waals surface area contributed by atoms with Crippen LogP contribution < -0.4 is 10.7 Å². The van der Waals surface area contributed by atoms with Crippen molar-refractivity contribution in [2.45, 2.75) is 13.3 Å². The van der Waals surface area contributed by atoms with Crippen molar-refractivity contribution in [3.63, 3.8) is 0 Å². The molecule has 1 aromatic heterocycles. The van der Waals surface area contributed by atoms with Crippen molar-refractivity contribution in [1.82, 2.24) is 4.98 Å². The molecule has 2 N–H and O–H groups in total. The number of aromatic amines is 1. The molecule has 21 heavy (non-hydrogen) atoms. The normalized spacial score (nSPS) is 10.1. The molecule has 108 valence electrons. The monoisotopic (exact) mass is 287 g/mol. The Hall–Kier alpha value is -2.96. The van der Waals surface area contributed by atoms with Crippen molar-refractivity contribution in [2.24, 2.45) is 0 Å². The Morgan fingerprint density at radius 1 is 1.38 bits per heavy atom. The number of carbonyl (C=O) groups is 1. The van der Waals surface area contributed by atoms with Gasteiger partial charge in [-0.1, -0.05) is 13.0 Å². The van der Waals surface area contributed by atoms with Crippen molar-refractivity contribution in [2.75, 3.05) is 5.32 Å². The molecular formula is C14H13N3O4. The van der Waals surface area contributed by atoms with E-state index in [0.717, 1.165) is 0 Å². The molecule has 0 aliphatic heterocycles. The van der Waals surface area contributed by atoms with Crippen LogP contribution in [-0.2, 0) is 6.42 Å². The number of nitrogens with zero attached hydrogens (tertiary/aromatic N) is 1. The first-order chi connectivity index (χ1) is 10.0. The molecule has 0 saturated heterocycles. The molecule has 1 aromatic carbocycles. The summed E-state index contributed by atoms with van der Waals surface area (Å²) in [6.45, 7) is 1.81. The summed E-state index contributed by atoms with van der Waals surface area (Å²) in [7, 11) is 0. The van der Waals surface area contributed by atoms with Crippen LogP contribution in [0, 0.1) is 10.1 Å². The number of hydrogen-bond acceptors (Lipinski definition) is 4. The average molecular weight is 287 g/mol. The molecular weight excluding hydrogens is 274 g/mol. The fraction of sp³-hybridized carbons (Fsp3) is 0.143. The predicted octanol–water partition coefficient (Wildman–Crippen LogP) is 2.10. The van der Waals surface area contributed by atoms with Crippen molar-refractivity contribution < 1.29 is 9.72 Å². The summed E-state index contributed by atoms with van der Waals surface area (Å²) in [5.41, 5.74) is 0.311. The highest BCUT2D eigenvalue weighted by molar-refractivity contribution is 6.04. The van der Waals surface area contributed by atoms with E-state index in [0.29, 0.717) is 12.0 Å². The molecule has 7 nitrogen and oxygen atoms in total. The number of anilines is 1. The minimum absolute atomic E-state index is 0.0558. The van der Waals surface area contributed by atoms with Gasteiger partial charge in [-0.15, -0.1) is 0 Å². The van der Waals surface area contributed by atoms with Gasteiger partial charge < -0.3 is 10.3 Å². The summed E-state index contributed by atoms with van der Waals surface area (Å²) >= 11 is 0. The maximum absolute atomic E-state index is 12.0. The van der Waals surface area contributed by atoms with Gasteiger partial charge in [0.2, 0.25) is 0 Å². The van der Waals surface area contributed by atoms with Gasteiger partial charge >= 0.3 is 0 Å². The highest BCUT2D eigenvalue weighted by Gasteiger charge is 2.15. The maximum atomic E-state index is 12.0. The Kier molecular flexibility index (Phi) is 4.13. The molecule has 0 aliphatic carbocycles. The number of aryl methyl sites for hydroxylation is 1. The quantitative estimate of drug-likeness (QED) is 0.663. The van der Waals surface area contributed by atoms with E-state index in [1.165, 1.54) is 24.5 Å². The van der Waals surface area contributed by atoms with Gasteiger partial charge in [-0.3, -0.25) is 19.7 Å². The minimum atomic E-state index is -0.615. The number of pyridine rings is 1. The average Bonchev–Trinajstić information content (AvgIpc) is 2.47. The van der Waals surface area contributed by atoms with Crippen LogP contribution in [0.25, 0.3) is 0 Å². The SMILES string of the molecule is CCc1ccc(NC(=O)c2c[nH]ccc2=O)cc1[N+](=O)[O-]. The van der Waals surface area contributed by atoms with Crippen molar-refractivity contribution in [1.29, 1.82) is 0 Å². The van der Waals surface area contributed by atoms with Gasteiger partial charge in [0.1, 0.15) is 5.56 Å². The lowest BCUT2D eigenvalue weighted by molar-refractivity contribution is -0.385. The molecule has 2 rings (SSSR count). The minimum Gasteiger partial charge on any atom is -0.367 e. The number of amides is 1. The van der Waals surface area contributed by atoms with Gasteiger partial charge in [0.05, 0.1) is 4.92 Å². The summed E-state index contributed by atoms with van der Waals surface area (Å²) in [5.74, 6) is -0.615. The van der Waals surface area contributed by atoms with Crippen LogP contribution in [0.4, 0.5) is 11.4 Å². The highest BCUT2D eigenvalue weighted by Crippen LogP contribution is 2.23. The zero-order valence-electron chi connectivity index (χ0n) is 11.3. The van der Waals surface area contributed by atoms with Crippen molar-refractivity contribution in [3.05, 3.63) is 68.1 Å². The third kappa shape index (κ3) is 3.14. The number of aromatic nitrogens is 1. The molecule has 7 heteroatoms. The number of rotatable bonds is 4. The smallest absolute Gasteiger partial charge is 0.274 e. The van der Waals surface area contributed by atoms with Crippen LogP contribution in [0.3, 0.4) is 0 Å². The molecule has 0 unspecified atom stereocenters. The summed E-state index contributed by atoms with van der Waals surface area (Å²) in [5, 5.41) is 13.5. The Balaban J connectivity index is 2.30. The molecule has 0 spiro atoms. The van der Waals surface area contributed by atoms with Gasteiger partial charge in [-0.05, 0) is 12.5 Å². The number of carbonyl (C=O) groups excluding carboxylic acids is 1. The number of nitrogens with one attached hydrogen (secondary N) is 2. The van der Waals surface area contributed by atoms with Crippen molar-refractivity contribution in [3.8, 4) is 0 Å². The van der Waals surface area contributed by atoms with Crippen LogP contribution in [0.1, 0.15) is 22.8 Å². The predicted molar refractivity (Wildman–Crippen MR) is 77.5 cm³/mol. The lowest BCUT2D eigenvalue weighted by atomic mass is 10.1. The van der Waals surface area contributed by atoms with E-state index in [1.807, 2.05) is 6.92 Å². The van der Waals surface area contributed by atoms with Crippen molar-refractivity contribution >= 4 is 17.3 Å². The molecule has 0 bridgehead atoms. The summed E-state index contributed by atoms with van der Waals surface area (Å²) in [4.78, 5) is 36.6. The Bertz CT molecular complexity index is 752. The topological polar surface area (TPSA) is 105 Å². The third-order valence-electron chi connectivity index (χ3n) is 2.99. The van der Waals surface area contributed by atoms with Crippen LogP contribution in [-0.4, -0.2) is 15.8 Å².